The molecule has 0 aromatic heterocycles. The second kappa shape index (κ2) is 14.9. The minimum atomic E-state index is -0.334. The zero-order chi connectivity index (χ0) is 42.8. The molecule has 0 saturated heterocycles. The van der Waals surface area contributed by atoms with Crippen LogP contribution >= 0.6 is 0 Å². The summed E-state index contributed by atoms with van der Waals surface area (Å²) < 4.78 is 34.2. The Morgan fingerprint density at radius 3 is 1.30 bits per heavy atom. The van der Waals surface area contributed by atoms with Crippen LogP contribution in [0.3, 0.4) is 0 Å². The fourth-order valence-corrected chi connectivity index (χ4v) is 18.5. The number of allylic oxidation sites excluding steroid dienone is 2. The van der Waals surface area contributed by atoms with Crippen molar-refractivity contribution >= 4 is 12.4 Å². The molecule has 1 heterocycles. The van der Waals surface area contributed by atoms with Crippen LogP contribution in [0.2, 0.25) is 0 Å². The van der Waals surface area contributed by atoms with Gasteiger partial charge < -0.3 is 25.1 Å². The van der Waals surface area contributed by atoms with Gasteiger partial charge in [0.05, 0.1) is 6.72 Å². The molecule has 336 valence electrons. The molecule has 8 saturated carbocycles. The van der Waals surface area contributed by atoms with Crippen molar-refractivity contribution in [2.45, 2.75) is 129 Å². The number of phenolic OH excluding ortho intramolecular Hbond substituents is 2. The summed E-state index contributed by atoms with van der Waals surface area (Å²) in [5.74, 6) is -0.313. The maximum Gasteiger partial charge on any atom is 0.160 e. The van der Waals surface area contributed by atoms with E-state index in [1.807, 2.05) is 71.3 Å². The van der Waals surface area contributed by atoms with Crippen LogP contribution in [0.25, 0.3) is 28.0 Å². The summed E-state index contributed by atoms with van der Waals surface area (Å²) in [6.07, 6.45) is 18.9. The van der Waals surface area contributed by atoms with Gasteiger partial charge in [-0.2, -0.15) is 0 Å². The number of rotatable bonds is 6. The SMILES string of the molecule is C=[N+]1C(c2ccccc2-c2cc(F)cc(C34CC5(C)CC(C)(CC(C)(C5)C3)C4)c2O)=CC=C[C-]1c1ccccc1-c1cc(F)cc(C23CC4(C)CC(C)(CC(C)(C4)C2)C3)c1O.[CH3-].[CH3-].[Hf]. The molecule has 6 heteroatoms. The standard InChI is InChI=1S/C56H61F2NO2.2CH3.Hf/c1-49-23-50(2)25-51(3,24-49)31-55(29-49,30-50)43-21-35(57)19-41(47(43)60)37-13-8-10-15-39(37)45-17-12-18-46(59(45)7)40-16-11-9-14-38(40)42-20-36(58)22-44(48(42)61)56-32-52(4)26-53(5,33-56)28-54(6,27-52)34-56;;;/h8-22,60-61H,7,23-34H2,1-6H3;2*1H3;/q;2*-1;. The van der Waals surface area contributed by atoms with Gasteiger partial charge in [-0.15, -0.1) is 12.1 Å². The van der Waals surface area contributed by atoms with E-state index >= 15 is 8.78 Å². The number of hydrogen-bond donors (Lipinski definition) is 2. The van der Waals surface area contributed by atoms with Gasteiger partial charge in [-0.25, -0.2) is 13.4 Å². The van der Waals surface area contributed by atoms with Gasteiger partial charge >= 0.3 is 0 Å². The molecule has 0 radical (unpaired) electrons. The van der Waals surface area contributed by atoms with Gasteiger partial charge in [0, 0.05) is 58.9 Å². The summed E-state index contributed by atoms with van der Waals surface area (Å²) in [7, 11) is 0. The average molecular weight is 1030 g/mol. The molecule has 0 amide bonds. The van der Waals surface area contributed by atoms with Crippen LogP contribution < -0.4 is 0 Å². The zero-order valence-corrected chi connectivity index (χ0v) is 43.0. The zero-order valence-electron chi connectivity index (χ0n) is 39.5. The van der Waals surface area contributed by atoms with Crippen molar-refractivity contribution in [2.24, 2.45) is 32.5 Å². The number of hydrogen-bond acceptors (Lipinski definition) is 2. The Hall–Kier alpha value is -3.77. The van der Waals surface area contributed by atoms with E-state index in [1.54, 1.807) is 12.1 Å². The molecule has 8 bridgehead atoms. The number of phenols is 2. The minimum absolute atomic E-state index is 0. The number of halogens is 2. The van der Waals surface area contributed by atoms with Crippen molar-refractivity contribution in [2.75, 3.05) is 0 Å². The maximum atomic E-state index is 16.1. The van der Waals surface area contributed by atoms with Crippen LogP contribution in [0.4, 0.5) is 8.78 Å². The molecule has 64 heavy (non-hydrogen) atoms. The van der Waals surface area contributed by atoms with E-state index in [9.17, 15) is 10.2 Å². The van der Waals surface area contributed by atoms with Crippen LogP contribution in [-0.2, 0) is 36.7 Å². The molecule has 9 aliphatic rings. The summed E-state index contributed by atoms with van der Waals surface area (Å²) >= 11 is 0. The van der Waals surface area contributed by atoms with Crippen LogP contribution in [0.15, 0.2) is 91.0 Å². The topological polar surface area (TPSA) is 43.5 Å². The van der Waals surface area contributed by atoms with Gasteiger partial charge in [-0.05, 0) is 163 Å². The summed E-state index contributed by atoms with van der Waals surface area (Å²) in [5.41, 5.74) is 6.78. The van der Waals surface area contributed by atoms with E-state index in [0.29, 0.717) is 11.1 Å². The van der Waals surface area contributed by atoms with E-state index in [1.165, 1.54) is 50.7 Å². The largest absolute Gasteiger partial charge is 0.508 e. The van der Waals surface area contributed by atoms with Gasteiger partial charge in [-0.1, -0.05) is 89.6 Å². The summed E-state index contributed by atoms with van der Waals surface area (Å²) in [6, 6.07) is 22.8. The van der Waals surface area contributed by atoms with Crippen molar-refractivity contribution in [3.05, 3.63) is 146 Å². The molecule has 13 rings (SSSR count). The third kappa shape index (κ3) is 7.07. The molecule has 0 atom stereocenters. The Morgan fingerprint density at radius 1 is 0.516 bits per heavy atom. The summed E-state index contributed by atoms with van der Waals surface area (Å²) in [5, 5.41) is 24.9. The Morgan fingerprint density at radius 2 is 0.875 bits per heavy atom. The number of benzene rings is 4. The average Bonchev–Trinajstić information content (AvgIpc) is 3.13. The van der Waals surface area contributed by atoms with Crippen molar-refractivity contribution in [1.82, 2.24) is 0 Å². The van der Waals surface area contributed by atoms with Gasteiger partial charge in [0.15, 0.2) is 5.70 Å². The third-order valence-electron chi connectivity index (χ3n) is 17.1. The molecule has 4 aromatic carbocycles. The Kier molecular flexibility index (Phi) is 10.9. The predicted molar refractivity (Wildman–Crippen MR) is 254 cm³/mol. The van der Waals surface area contributed by atoms with Gasteiger partial charge in [0.1, 0.15) is 29.2 Å². The number of aromatic hydroxyl groups is 2. The van der Waals surface area contributed by atoms with Crippen molar-refractivity contribution in [3.8, 4) is 33.8 Å². The van der Waals surface area contributed by atoms with Gasteiger partial charge in [0.25, 0.3) is 0 Å². The first-order valence-electron chi connectivity index (χ1n) is 22.8. The minimum Gasteiger partial charge on any atom is -0.508 e. The van der Waals surface area contributed by atoms with E-state index in [2.05, 4.69) is 48.3 Å². The van der Waals surface area contributed by atoms with Crippen LogP contribution in [0.1, 0.15) is 141 Å². The van der Waals surface area contributed by atoms with E-state index in [4.69, 9.17) is 0 Å². The monoisotopic (exact) mass is 1030 g/mol. The van der Waals surface area contributed by atoms with Crippen molar-refractivity contribution < 1.29 is 49.4 Å². The smallest absolute Gasteiger partial charge is 0.160 e. The van der Waals surface area contributed by atoms with Crippen molar-refractivity contribution in [3.63, 3.8) is 0 Å². The Balaban J connectivity index is 0.00000187. The summed E-state index contributed by atoms with van der Waals surface area (Å²) in [4.78, 5) is 0. The fraction of sp³-hybridized carbons (Fsp3) is 0.448. The van der Waals surface area contributed by atoms with Crippen LogP contribution in [0.5, 0.6) is 11.5 Å². The van der Waals surface area contributed by atoms with Gasteiger partial charge in [0.2, 0.25) is 0 Å². The summed E-state index contributed by atoms with van der Waals surface area (Å²) in [6.45, 7) is 19.1. The molecule has 1 aliphatic heterocycles. The Labute approximate surface area is 401 Å². The quantitative estimate of drug-likeness (QED) is 0.115. The molecule has 8 aliphatic carbocycles. The first-order valence-corrected chi connectivity index (χ1v) is 22.8. The normalized spacial score (nSPS) is 36.3. The molecule has 0 unspecified atom stereocenters. The molecule has 4 aromatic rings. The van der Waals surface area contributed by atoms with E-state index < -0.39 is 0 Å². The van der Waals surface area contributed by atoms with Crippen molar-refractivity contribution in [1.29, 1.82) is 0 Å². The first-order chi connectivity index (χ1) is 28.7. The van der Waals surface area contributed by atoms with Gasteiger partial charge in [-0.3, -0.25) is 0 Å². The molecular weight excluding hydrogens is 959 g/mol. The maximum absolute atomic E-state index is 16.1. The third-order valence-corrected chi connectivity index (χ3v) is 17.1. The van der Waals surface area contributed by atoms with Crippen LogP contribution in [0, 0.1) is 65.0 Å². The van der Waals surface area contributed by atoms with Crippen LogP contribution in [-0.4, -0.2) is 21.5 Å². The molecule has 8 fully saturated rings. The second-order valence-corrected chi connectivity index (χ2v) is 24.1. The molecule has 3 nitrogen and oxygen atoms in total. The Bertz CT molecular complexity index is 2550. The molecule has 2 N–H and O–H groups in total. The molecule has 0 spiro atoms. The first kappa shape index (κ1) is 46.7. The van der Waals surface area contributed by atoms with E-state index in [0.717, 1.165) is 83.6 Å². The molecular formula is C58H67F2HfNO2-2. The predicted octanol–water partition coefficient (Wildman–Crippen LogP) is 15.1. The fourth-order valence-electron chi connectivity index (χ4n) is 18.5. The van der Waals surface area contributed by atoms with E-state index in [-0.39, 0.29) is 107 Å². The second-order valence-electron chi connectivity index (χ2n) is 24.1. The number of nitrogens with zero attached hydrogens (tertiary/aromatic N) is 1.